The predicted molar refractivity (Wildman–Crippen MR) is 126 cm³/mol. The van der Waals surface area contributed by atoms with Gasteiger partial charge in [-0.2, -0.15) is 12.8 Å². The van der Waals surface area contributed by atoms with Gasteiger partial charge < -0.3 is 4.72 Å². The van der Waals surface area contributed by atoms with Crippen molar-refractivity contribution in [2.75, 3.05) is 0 Å². The number of Topliss-reactive ketones (excluding diaryl/α,β-unsaturated/α-hetero) is 1. The van der Waals surface area contributed by atoms with Gasteiger partial charge in [-0.1, -0.05) is 59.7 Å². The summed E-state index contributed by atoms with van der Waals surface area (Å²) < 4.78 is 59.0. The Labute approximate surface area is 192 Å². The van der Waals surface area contributed by atoms with Gasteiger partial charge >= 0.3 is 0 Å². The number of nitrogens with zero attached hydrogens (tertiary/aromatic N) is 2. The molecule has 1 aliphatic rings. The number of sulfonamides is 2. The minimum atomic E-state index is -4.20. The molecule has 0 amide bonds. The van der Waals surface area contributed by atoms with Crippen molar-refractivity contribution in [1.29, 1.82) is 0 Å². The summed E-state index contributed by atoms with van der Waals surface area (Å²) in [4.78, 5) is 12.9. The number of hydrogen-bond acceptors (Lipinski definition) is 5. The van der Waals surface area contributed by atoms with Gasteiger partial charge in [-0.15, -0.1) is 5.70 Å². The number of allylic oxidation sites excluding steroid dienone is 1. The summed E-state index contributed by atoms with van der Waals surface area (Å²) in [5.74, 6) is -0.632. The molecule has 0 aromatic heterocycles. The van der Waals surface area contributed by atoms with Gasteiger partial charge in [0.05, 0.1) is 9.79 Å². The van der Waals surface area contributed by atoms with Crippen molar-refractivity contribution in [2.45, 2.75) is 23.6 Å². The van der Waals surface area contributed by atoms with Crippen molar-refractivity contribution >= 4 is 37.2 Å². The third-order valence-electron chi connectivity index (χ3n) is 5.03. The molecule has 0 heterocycles. The maximum atomic E-state index is 13.0. The fourth-order valence-corrected chi connectivity index (χ4v) is 5.22. The number of ketones is 1. The summed E-state index contributed by atoms with van der Waals surface area (Å²) in [6.07, 6.45) is 1.10. The van der Waals surface area contributed by atoms with E-state index in [4.69, 9.17) is 0 Å². The van der Waals surface area contributed by atoms with Gasteiger partial charge in [-0.05, 0) is 49.8 Å². The quantitative estimate of drug-likeness (QED) is 0.537. The van der Waals surface area contributed by atoms with E-state index in [1.807, 2.05) is 13.8 Å². The van der Waals surface area contributed by atoms with Crippen LogP contribution in [0.3, 0.4) is 0 Å². The Morgan fingerprint density at radius 2 is 1.21 bits per heavy atom. The fourth-order valence-electron chi connectivity index (χ4n) is 3.24. The number of hydrogen-bond donors (Lipinski definition) is 0. The summed E-state index contributed by atoms with van der Waals surface area (Å²) in [7, 11) is -8.32. The second kappa shape index (κ2) is 8.42. The Hall–Kier alpha value is -3.56. The molecule has 0 fully saturated rings. The lowest BCUT2D eigenvalue weighted by molar-refractivity contribution is 0.106. The lowest BCUT2D eigenvalue weighted by atomic mass is 9.93. The first-order valence-corrected chi connectivity index (χ1v) is 12.8. The molecule has 0 aliphatic heterocycles. The third-order valence-corrected chi connectivity index (χ3v) is 7.64. The normalized spacial score (nSPS) is 15.2. The molecule has 3 aromatic rings. The van der Waals surface area contributed by atoms with Crippen LogP contribution in [0.2, 0.25) is 0 Å². The molecule has 0 radical (unpaired) electrons. The van der Waals surface area contributed by atoms with Crippen molar-refractivity contribution in [1.82, 2.24) is 0 Å². The minimum Gasteiger partial charge on any atom is -0.572 e. The van der Waals surface area contributed by atoms with Crippen molar-refractivity contribution in [3.63, 3.8) is 0 Å². The Morgan fingerprint density at radius 1 is 0.697 bits per heavy atom. The zero-order valence-corrected chi connectivity index (χ0v) is 19.4. The Bertz CT molecular complexity index is 1520. The van der Waals surface area contributed by atoms with Crippen molar-refractivity contribution in [3.8, 4) is 0 Å². The van der Waals surface area contributed by atoms with Crippen LogP contribution in [0.15, 0.2) is 93.1 Å². The van der Waals surface area contributed by atoms with Crippen LogP contribution in [0.25, 0.3) is 10.4 Å². The van der Waals surface area contributed by atoms with Crippen LogP contribution in [0.5, 0.6) is 0 Å². The highest BCUT2D eigenvalue weighted by Gasteiger charge is 2.25. The highest BCUT2D eigenvalue weighted by molar-refractivity contribution is 7.94. The molecule has 0 saturated carbocycles. The van der Waals surface area contributed by atoms with Gasteiger partial charge in [-0.25, -0.2) is 8.42 Å². The number of rotatable bonds is 5. The number of aryl methyl sites for hydroxylation is 2. The van der Waals surface area contributed by atoms with Crippen LogP contribution < -0.4 is 0 Å². The molecule has 0 N–H and O–H groups in total. The van der Waals surface area contributed by atoms with Crippen molar-refractivity contribution in [2.24, 2.45) is 4.40 Å². The Kier molecular flexibility index (Phi) is 5.77. The molecule has 0 spiro atoms. The van der Waals surface area contributed by atoms with Crippen LogP contribution in [-0.4, -0.2) is 28.3 Å². The molecule has 0 saturated heterocycles. The summed E-state index contributed by atoms with van der Waals surface area (Å²) in [5.41, 5.74) is 1.68. The van der Waals surface area contributed by atoms with Gasteiger partial charge in [0.25, 0.3) is 10.0 Å². The summed E-state index contributed by atoms with van der Waals surface area (Å²) in [5, 5.41) is 0. The number of fused-ring (bicyclic) bond motifs is 1. The summed E-state index contributed by atoms with van der Waals surface area (Å²) >= 11 is 0. The molecular weight excluding hydrogens is 460 g/mol. The summed E-state index contributed by atoms with van der Waals surface area (Å²) in [6.45, 7) is 3.64. The second-order valence-corrected chi connectivity index (χ2v) is 10.8. The van der Waals surface area contributed by atoms with Gasteiger partial charge in [0.2, 0.25) is 5.78 Å². The first-order valence-electron chi connectivity index (χ1n) is 9.89. The Balaban J connectivity index is 1.80. The molecule has 0 bridgehead atoms. The van der Waals surface area contributed by atoms with E-state index in [-0.39, 0.29) is 26.6 Å². The van der Waals surface area contributed by atoms with E-state index >= 15 is 0 Å². The largest absolute Gasteiger partial charge is 0.572 e. The maximum absolute atomic E-state index is 13.0. The molecule has 3 aromatic carbocycles. The molecule has 9 heteroatoms. The first-order chi connectivity index (χ1) is 15.6. The second-order valence-electron chi connectivity index (χ2n) is 7.55. The van der Waals surface area contributed by atoms with E-state index in [0.29, 0.717) is 0 Å². The standard InChI is InChI=1S/C24H19N2O5S2/c1-16-7-11-18(12-8-16)32(28,29)25-22-15-23(24(27)21-6-4-3-5-20(21)22)26-33(30,31)19-13-9-17(2)10-14-19/h3-15H,1-2H3/q-1. The van der Waals surface area contributed by atoms with Crippen LogP contribution in [0, 0.1) is 13.8 Å². The van der Waals surface area contributed by atoms with Gasteiger partial charge in [-0.3, -0.25) is 4.79 Å². The van der Waals surface area contributed by atoms with Gasteiger partial charge in [0.15, 0.2) is 0 Å². The van der Waals surface area contributed by atoms with Crippen molar-refractivity contribution in [3.05, 3.63) is 106 Å². The highest BCUT2D eigenvalue weighted by Crippen LogP contribution is 2.34. The zero-order valence-electron chi connectivity index (χ0n) is 17.8. The molecule has 1 aliphatic carbocycles. The molecule has 7 nitrogen and oxygen atoms in total. The first kappa shape index (κ1) is 22.6. The third kappa shape index (κ3) is 4.64. The van der Waals surface area contributed by atoms with Crippen LogP contribution in [-0.2, 0) is 20.0 Å². The van der Waals surface area contributed by atoms with E-state index in [2.05, 4.69) is 9.12 Å². The van der Waals surface area contributed by atoms with E-state index in [1.165, 1.54) is 30.3 Å². The van der Waals surface area contributed by atoms with Crippen molar-refractivity contribution < 1.29 is 21.6 Å². The lowest BCUT2D eigenvalue weighted by Crippen LogP contribution is -2.21. The zero-order chi connectivity index (χ0) is 23.8. The molecule has 0 atom stereocenters. The topological polar surface area (TPSA) is 112 Å². The average molecular weight is 480 g/mol. The van der Waals surface area contributed by atoms with Crippen LogP contribution in [0.4, 0.5) is 0 Å². The predicted octanol–water partition coefficient (Wildman–Crippen LogP) is 4.43. The van der Waals surface area contributed by atoms with E-state index in [9.17, 15) is 21.6 Å². The molecular formula is C24H19N2O5S2-. The summed E-state index contributed by atoms with van der Waals surface area (Å²) in [6, 6.07) is 18.5. The minimum absolute atomic E-state index is 0.0193. The SMILES string of the molecule is Cc1ccc(S(=O)(=O)N=C2C=C([N-]S(=O)(=O)c3ccc(C)cc3)c3ccccc3C2=O)cc1. The molecule has 4 rings (SSSR count). The average Bonchev–Trinajstić information content (AvgIpc) is 2.77. The molecule has 168 valence electrons. The molecule has 33 heavy (non-hydrogen) atoms. The lowest BCUT2D eigenvalue weighted by Gasteiger charge is -2.29. The maximum Gasteiger partial charge on any atom is 0.282 e. The highest BCUT2D eigenvalue weighted by atomic mass is 32.2. The fraction of sp³-hybridized carbons (Fsp3) is 0.0833. The van der Waals surface area contributed by atoms with Crippen LogP contribution >= 0.6 is 0 Å². The smallest absolute Gasteiger partial charge is 0.282 e. The van der Waals surface area contributed by atoms with Gasteiger partial charge in [0, 0.05) is 5.56 Å². The van der Waals surface area contributed by atoms with E-state index < -0.39 is 31.5 Å². The number of carbonyl (C=O) groups is 1. The van der Waals surface area contributed by atoms with E-state index in [0.717, 1.165) is 17.2 Å². The monoisotopic (exact) mass is 479 g/mol. The van der Waals surface area contributed by atoms with Crippen LogP contribution in [0.1, 0.15) is 27.0 Å². The van der Waals surface area contributed by atoms with Gasteiger partial charge in [0.1, 0.15) is 15.7 Å². The Morgan fingerprint density at radius 3 is 1.79 bits per heavy atom. The van der Waals surface area contributed by atoms with E-state index in [1.54, 1.807) is 42.5 Å². The molecule has 0 unspecified atom stereocenters. The number of benzene rings is 3. The number of carbonyl (C=O) groups excluding carboxylic acids is 1.